The zero-order valence-electron chi connectivity index (χ0n) is 9.85. The van der Waals surface area contributed by atoms with E-state index in [1.165, 1.54) is 6.33 Å². The summed E-state index contributed by atoms with van der Waals surface area (Å²) in [6.07, 6.45) is 1.81. The fraction of sp³-hybridized carbons (Fsp3) is 0.500. The standard InChI is InChI=1S/C8H15N5O4P2/c9-6-7(10)11-3-12-8(6)13-4-2-18-5(17-4)1-16-19(14)15/h3-5,14-15,18H,1-2,9H2,(H3,10,11,12,13). The van der Waals surface area contributed by atoms with Crippen LogP contribution in [-0.4, -0.2) is 44.6 Å². The molecule has 11 heteroatoms. The van der Waals surface area contributed by atoms with E-state index in [0.717, 1.165) is 6.16 Å². The molecule has 2 heterocycles. The van der Waals surface area contributed by atoms with Crippen molar-refractivity contribution in [3.8, 4) is 0 Å². The molecule has 106 valence electrons. The Balaban J connectivity index is 1.86. The number of hydrogen-bond acceptors (Lipinski definition) is 9. The highest BCUT2D eigenvalue weighted by atomic mass is 31.2. The first-order chi connectivity index (χ1) is 9.06. The Morgan fingerprint density at radius 2 is 2.32 bits per heavy atom. The number of ether oxygens (including phenoxy) is 1. The average Bonchev–Trinajstić information content (AvgIpc) is 2.80. The fourth-order valence-corrected chi connectivity index (χ4v) is 3.07. The van der Waals surface area contributed by atoms with Gasteiger partial charge in [0.2, 0.25) is 0 Å². The highest BCUT2D eigenvalue weighted by molar-refractivity contribution is 7.40. The van der Waals surface area contributed by atoms with Crippen molar-refractivity contribution in [1.82, 2.24) is 9.97 Å². The van der Waals surface area contributed by atoms with Crippen molar-refractivity contribution >= 4 is 34.5 Å². The molecule has 1 aliphatic rings. The predicted octanol–water partition coefficient (Wildman–Crippen LogP) is -0.358. The highest BCUT2D eigenvalue weighted by Gasteiger charge is 2.26. The summed E-state index contributed by atoms with van der Waals surface area (Å²) in [6, 6.07) is 0. The van der Waals surface area contributed by atoms with Crippen LogP contribution in [0.1, 0.15) is 0 Å². The SMILES string of the molecule is Nc1ncnc(NC2CPC(COP(O)O)O2)c1N. The maximum atomic E-state index is 8.66. The molecule has 1 aliphatic heterocycles. The van der Waals surface area contributed by atoms with Gasteiger partial charge >= 0.3 is 8.60 Å². The average molecular weight is 307 g/mol. The lowest BCUT2D eigenvalue weighted by molar-refractivity contribution is 0.0510. The molecule has 0 amide bonds. The van der Waals surface area contributed by atoms with Gasteiger partial charge in [-0.1, -0.05) is 8.58 Å². The third kappa shape index (κ3) is 4.07. The van der Waals surface area contributed by atoms with Crippen molar-refractivity contribution in [3.63, 3.8) is 0 Å². The van der Waals surface area contributed by atoms with E-state index in [9.17, 15) is 0 Å². The second kappa shape index (κ2) is 6.56. The van der Waals surface area contributed by atoms with E-state index < -0.39 is 8.60 Å². The van der Waals surface area contributed by atoms with E-state index in [1.807, 2.05) is 0 Å². The summed E-state index contributed by atoms with van der Waals surface area (Å²) in [7, 11) is -1.85. The van der Waals surface area contributed by atoms with Crippen molar-refractivity contribution in [1.29, 1.82) is 0 Å². The molecule has 0 saturated carbocycles. The second-order valence-corrected chi connectivity index (χ2v) is 5.96. The van der Waals surface area contributed by atoms with Crippen molar-refractivity contribution in [3.05, 3.63) is 6.33 Å². The Hall–Kier alpha value is -0.820. The van der Waals surface area contributed by atoms with Gasteiger partial charge in [0.25, 0.3) is 0 Å². The van der Waals surface area contributed by atoms with E-state index in [-0.39, 0.29) is 30.2 Å². The molecule has 0 aromatic carbocycles. The summed E-state index contributed by atoms with van der Waals surface area (Å²) in [5.74, 6) is 0.474. The van der Waals surface area contributed by atoms with Crippen LogP contribution in [0.15, 0.2) is 6.33 Å². The molecule has 1 aromatic heterocycles. The zero-order chi connectivity index (χ0) is 13.8. The first-order valence-corrected chi connectivity index (χ1v) is 7.83. The van der Waals surface area contributed by atoms with E-state index in [1.54, 1.807) is 0 Å². The predicted molar refractivity (Wildman–Crippen MR) is 73.6 cm³/mol. The summed E-state index contributed by atoms with van der Waals surface area (Å²) >= 11 is 0. The van der Waals surface area contributed by atoms with E-state index >= 15 is 0 Å². The van der Waals surface area contributed by atoms with Crippen molar-refractivity contribution in [2.45, 2.75) is 12.1 Å². The molecular formula is C8H15N5O4P2. The normalized spacial score (nSPS) is 24.2. The number of nitrogens with one attached hydrogen (secondary N) is 1. The summed E-state index contributed by atoms with van der Waals surface area (Å²) < 4.78 is 10.3. The lowest BCUT2D eigenvalue weighted by atomic mass is 10.4. The number of aromatic nitrogens is 2. The van der Waals surface area contributed by atoms with Gasteiger partial charge in [0.1, 0.15) is 24.1 Å². The molecule has 1 aromatic rings. The third-order valence-corrected chi connectivity index (χ3v) is 4.16. The van der Waals surface area contributed by atoms with Crippen LogP contribution in [0, 0.1) is 0 Å². The van der Waals surface area contributed by atoms with Crippen LogP contribution in [0.25, 0.3) is 0 Å². The molecular weight excluding hydrogens is 292 g/mol. The van der Waals surface area contributed by atoms with E-state index in [2.05, 4.69) is 15.3 Å². The van der Waals surface area contributed by atoms with Crippen LogP contribution < -0.4 is 16.8 Å². The maximum absolute atomic E-state index is 8.66. The van der Waals surface area contributed by atoms with Gasteiger partial charge in [-0.2, -0.15) is 0 Å². The molecule has 1 fully saturated rings. The Bertz CT molecular complexity index is 438. The van der Waals surface area contributed by atoms with E-state index in [4.69, 9.17) is 30.5 Å². The van der Waals surface area contributed by atoms with Crippen LogP contribution >= 0.6 is 17.2 Å². The molecule has 7 N–H and O–H groups in total. The number of nitrogens with two attached hydrogens (primary N) is 2. The molecule has 0 spiro atoms. The van der Waals surface area contributed by atoms with Gasteiger partial charge in [-0.25, -0.2) is 9.97 Å². The zero-order valence-corrected chi connectivity index (χ0v) is 11.7. The number of anilines is 3. The number of hydrogen-bond donors (Lipinski definition) is 5. The maximum Gasteiger partial charge on any atom is 0.327 e. The largest absolute Gasteiger partial charge is 0.393 e. The van der Waals surface area contributed by atoms with Gasteiger partial charge < -0.3 is 35.8 Å². The van der Waals surface area contributed by atoms with Gasteiger partial charge in [0.15, 0.2) is 11.6 Å². The molecule has 9 nitrogen and oxygen atoms in total. The molecule has 0 radical (unpaired) electrons. The fourth-order valence-electron chi connectivity index (χ4n) is 1.53. The van der Waals surface area contributed by atoms with Crippen LogP contribution in [0.3, 0.4) is 0 Å². The smallest absolute Gasteiger partial charge is 0.327 e. The quantitative estimate of drug-likeness (QED) is 0.460. The van der Waals surface area contributed by atoms with Crippen LogP contribution in [0.2, 0.25) is 0 Å². The minimum Gasteiger partial charge on any atom is -0.393 e. The molecule has 1 saturated heterocycles. The lowest BCUT2D eigenvalue weighted by Gasteiger charge is -2.16. The molecule has 0 bridgehead atoms. The van der Waals surface area contributed by atoms with Crippen molar-refractivity contribution in [2.75, 3.05) is 29.6 Å². The minimum atomic E-state index is -2.34. The van der Waals surface area contributed by atoms with Gasteiger partial charge in [-0.05, 0) is 0 Å². The molecule has 0 aliphatic carbocycles. The minimum absolute atomic E-state index is 0.150. The Morgan fingerprint density at radius 3 is 3.05 bits per heavy atom. The summed E-state index contributed by atoms with van der Waals surface area (Å²) in [4.78, 5) is 25.1. The summed E-state index contributed by atoms with van der Waals surface area (Å²) in [6.45, 7) is 0.150. The Morgan fingerprint density at radius 1 is 1.53 bits per heavy atom. The lowest BCUT2D eigenvalue weighted by Crippen LogP contribution is -2.25. The van der Waals surface area contributed by atoms with Crippen molar-refractivity contribution < 1.29 is 19.0 Å². The topological polar surface area (TPSA) is 149 Å². The second-order valence-electron chi connectivity index (χ2n) is 3.74. The number of rotatable bonds is 5. The van der Waals surface area contributed by atoms with Crippen LogP contribution in [0.4, 0.5) is 17.3 Å². The highest BCUT2D eigenvalue weighted by Crippen LogP contribution is 2.35. The van der Waals surface area contributed by atoms with Gasteiger partial charge in [0.05, 0.1) is 6.61 Å². The number of nitrogens with zero attached hydrogens (tertiary/aromatic N) is 2. The van der Waals surface area contributed by atoms with E-state index in [0.29, 0.717) is 14.4 Å². The number of nitrogen functional groups attached to an aromatic ring is 2. The molecule has 19 heavy (non-hydrogen) atoms. The molecule has 3 unspecified atom stereocenters. The first-order valence-electron chi connectivity index (χ1n) is 5.38. The van der Waals surface area contributed by atoms with Gasteiger partial charge in [-0.3, -0.25) is 0 Å². The van der Waals surface area contributed by atoms with Gasteiger partial charge in [0, 0.05) is 6.16 Å². The van der Waals surface area contributed by atoms with Crippen LogP contribution in [-0.2, 0) is 9.26 Å². The van der Waals surface area contributed by atoms with Gasteiger partial charge in [-0.15, -0.1) is 0 Å². The Kier molecular flexibility index (Phi) is 5.04. The van der Waals surface area contributed by atoms with Crippen molar-refractivity contribution in [2.24, 2.45) is 0 Å². The summed E-state index contributed by atoms with van der Waals surface area (Å²) in [5, 5.41) is 3.02. The Labute approximate surface area is 112 Å². The summed E-state index contributed by atoms with van der Waals surface area (Å²) in [5.41, 5.74) is 11.6. The van der Waals surface area contributed by atoms with Crippen LogP contribution in [0.5, 0.6) is 0 Å². The first kappa shape index (κ1) is 14.6. The molecule has 2 rings (SSSR count). The molecule has 3 atom stereocenters. The monoisotopic (exact) mass is 307 g/mol. The third-order valence-electron chi connectivity index (χ3n) is 2.41.